The highest BCUT2D eigenvalue weighted by Gasteiger charge is 2.31. The number of rotatable bonds is 4. The fourth-order valence-corrected chi connectivity index (χ4v) is 3.61. The summed E-state index contributed by atoms with van der Waals surface area (Å²) in [6.07, 6.45) is 0.530. The quantitative estimate of drug-likeness (QED) is 0.452. The van der Waals surface area contributed by atoms with Crippen LogP contribution in [0.5, 0.6) is 11.6 Å². The van der Waals surface area contributed by atoms with E-state index >= 15 is 0 Å². The zero-order valence-electron chi connectivity index (χ0n) is 15.1. The average molecular weight is 453 g/mol. The van der Waals surface area contributed by atoms with Crippen molar-refractivity contribution in [1.82, 2.24) is 25.0 Å². The number of ether oxygens (including phenoxy) is 1. The van der Waals surface area contributed by atoms with E-state index in [1.165, 1.54) is 18.2 Å². The first kappa shape index (κ1) is 20.1. The Kier molecular flexibility index (Phi) is 5.10. The molecule has 0 amide bonds. The van der Waals surface area contributed by atoms with Gasteiger partial charge in [0.15, 0.2) is 5.75 Å². The molecule has 30 heavy (non-hydrogen) atoms. The van der Waals surface area contributed by atoms with E-state index in [0.29, 0.717) is 18.4 Å². The van der Waals surface area contributed by atoms with E-state index in [2.05, 4.69) is 15.3 Å². The molecule has 0 radical (unpaired) electrons. The molecule has 11 nitrogen and oxygen atoms in total. The number of aliphatic hydroxyl groups is 1. The van der Waals surface area contributed by atoms with E-state index in [1.807, 2.05) is 4.98 Å². The molecule has 2 heterocycles. The molecule has 1 saturated carbocycles. The molecule has 13 heteroatoms. The lowest BCUT2D eigenvalue weighted by molar-refractivity contribution is 0.0740. The molecule has 5 N–H and O–H groups in total. The number of halogens is 2. The molecule has 4 rings (SSSR count). The molecule has 156 valence electrons. The first-order valence-electron chi connectivity index (χ1n) is 8.67. The Balaban J connectivity index is 1.68. The van der Waals surface area contributed by atoms with Crippen molar-refractivity contribution in [1.29, 1.82) is 0 Å². The van der Waals surface area contributed by atoms with Crippen molar-refractivity contribution >= 4 is 29.0 Å². The van der Waals surface area contributed by atoms with Crippen LogP contribution < -0.4 is 27.3 Å². The summed E-state index contributed by atoms with van der Waals surface area (Å²) in [6, 6.07) is 4.14. The van der Waals surface area contributed by atoms with Gasteiger partial charge in [-0.25, -0.2) is 9.89 Å². The maximum absolute atomic E-state index is 12.0. The number of aromatic amines is 2. The molecule has 0 saturated heterocycles. The van der Waals surface area contributed by atoms with Crippen LogP contribution in [-0.4, -0.2) is 36.2 Å². The van der Waals surface area contributed by atoms with Crippen molar-refractivity contribution in [2.75, 3.05) is 5.73 Å². The van der Waals surface area contributed by atoms with Crippen LogP contribution in [0.4, 0.5) is 5.82 Å². The predicted octanol–water partition coefficient (Wildman–Crippen LogP) is 0.924. The number of aliphatic hydroxyl groups excluding tert-OH is 1. The Morgan fingerprint density at radius 1 is 1.13 bits per heavy atom. The molecular formula is C17H14Cl2N6O5. The third-order valence-electron chi connectivity index (χ3n) is 4.65. The molecule has 1 aromatic carbocycles. The highest BCUT2D eigenvalue weighted by atomic mass is 35.5. The van der Waals surface area contributed by atoms with Crippen LogP contribution in [0, 0.1) is 0 Å². The number of benzene rings is 1. The van der Waals surface area contributed by atoms with E-state index in [1.54, 1.807) is 0 Å². The fraction of sp³-hybridized carbons (Fsp3) is 0.235. The monoisotopic (exact) mass is 452 g/mol. The van der Waals surface area contributed by atoms with Crippen LogP contribution in [-0.2, 0) is 0 Å². The first-order chi connectivity index (χ1) is 14.2. The largest absolute Gasteiger partial charge is 0.434 e. The van der Waals surface area contributed by atoms with Crippen molar-refractivity contribution in [3.63, 3.8) is 0 Å². The minimum Gasteiger partial charge on any atom is -0.434 e. The molecular weight excluding hydrogens is 439 g/mol. The van der Waals surface area contributed by atoms with Gasteiger partial charge >= 0.3 is 5.69 Å². The number of anilines is 1. The van der Waals surface area contributed by atoms with E-state index in [9.17, 15) is 19.5 Å². The van der Waals surface area contributed by atoms with Crippen molar-refractivity contribution in [2.45, 2.75) is 24.9 Å². The molecule has 0 atom stereocenters. The SMILES string of the molecule is Nc1nn(-c2cc(Cl)c(Oc3cc([C@H]4C[C@H](O)C4)c(=O)[nH]n3)c(Cl)c2)c(=O)[nH]c1=O. The molecule has 3 aromatic rings. The molecule has 0 unspecified atom stereocenters. The van der Waals surface area contributed by atoms with Crippen LogP contribution in [0.15, 0.2) is 32.6 Å². The van der Waals surface area contributed by atoms with Gasteiger partial charge in [0, 0.05) is 11.6 Å². The second kappa shape index (κ2) is 7.59. The van der Waals surface area contributed by atoms with Gasteiger partial charge < -0.3 is 15.6 Å². The minimum atomic E-state index is -0.829. The molecule has 1 fully saturated rings. The summed E-state index contributed by atoms with van der Waals surface area (Å²) in [5.74, 6) is -0.419. The zero-order valence-corrected chi connectivity index (χ0v) is 16.6. The van der Waals surface area contributed by atoms with Gasteiger partial charge in [0.2, 0.25) is 11.7 Å². The maximum Gasteiger partial charge on any atom is 0.349 e. The topological polar surface area (TPSA) is 169 Å². The molecule has 1 aliphatic carbocycles. The normalized spacial score (nSPS) is 18.1. The predicted molar refractivity (Wildman–Crippen MR) is 108 cm³/mol. The van der Waals surface area contributed by atoms with Crippen molar-refractivity contribution in [3.05, 3.63) is 65.0 Å². The summed E-state index contributed by atoms with van der Waals surface area (Å²) in [4.78, 5) is 37.4. The third-order valence-corrected chi connectivity index (χ3v) is 5.21. The Hall–Kier alpha value is -3.15. The Labute approximate surface area is 177 Å². The summed E-state index contributed by atoms with van der Waals surface area (Å²) in [5.41, 5.74) is 4.02. The highest BCUT2D eigenvalue weighted by molar-refractivity contribution is 6.37. The van der Waals surface area contributed by atoms with Crippen LogP contribution in [0.2, 0.25) is 10.0 Å². The molecule has 1 aliphatic rings. The lowest BCUT2D eigenvalue weighted by Crippen LogP contribution is -2.33. The maximum atomic E-state index is 12.0. The molecule has 0 bridgehead atoms. The number of nitrogens with two attached hydrogens (primary N) is 1. The van der Waals surface area contributed by atoms with E-state index in [4.69, 9.17) is 33.7 Å². The number of nitrogen functional groups attached to an aromatic ring is 1. The minimum absolute atomic E-state index is 0.0181. The highest BCUT2D eigenvalue weighted by Crippen LogP contribution is 2.39. The van der Waals surface area contributed by atoms with Gasteiger partial charge in [-0.1, -0.05) is 23.2 Å². The smallest absolute Gasteiger partial charge is 0.349 e. The summed E-state index contributed by atoms with van der Waals surface area (Å²) in [5, 5.41) is 19.4. The third kappa shape index (κ3) is 3.70. The van der Waals surface area contributed by atoms with Crippen molar-refractivity contribution in [3.8, 4) is 17.3 Å². The van der Waals surface area contributed by atoms with Gasteiger partial charge in [0.1, 0.15) is 0 Å². The van der Waals surface area contributed by atoms with Gasteiger partial charge in [-0.05, 0) is 30.9 Å². The van der Waals surface area contributed by atoms with Gasteiger partial charge in [-0.15, -0.1) is 10.2 Å². The Morgan fingerprint density at radius 3 is 2.43 bits per heavy atom. The summed E-state index contributed by atoms with van der Waals surface area (Å²) in [7, 11) is 0. The molecule has 2 aromatic heterocycles. The van der Waals surface area contributed by atoms with Crippen LogP contribution in [0.1, 0.15) is 24.3 Å². The van der Waals surface area contributed by atoms with E-state index in [-0.39, 0.29) is 38.8 Å². The fourth-order valence-electron chi connectivity index (χ4n) is 3.06. The number of hydrogen-bond donors (Lipinski definition) is 4. The number of hydrogen-bond acceptors (Lipinski definition) is 8. The van der Waals surface area contributed by atoms with Crippen molar-refractivity contribution < 1.29 is 9.84 Å². The van der Waals surface area contributed by atoms with Gasteiger partial charge in [0.05, 0.1) is 21.8 Å². The summed E-state index contributed by atoms with van der Waals surface area (Å²) < 4.78 is 6.48. The zero-order chi connectivity index (χ0) is 21.6. The second-order valence-corrected chi connectivity index (χ2v) is 7.52. The van der Waals surface area contributed by atoms with Gasteiger partial charge in [-0.3, -0.25) is 14.6 Å². The summed E-state index contributed by atoms with van der Waals surface area (Å²) >= 11 is 12.5. The summed E-state index contributed by atoms with van der Waals surface area (Å²) in [6.45, 7) is 0. The lowest BCUT2D eigenvalue weighted by Gasteiger charge is -2.30. The Bertz CT molecular complexity index is 1290. The van der Waals surface area contributed by atoms with Gasteiger partial charge in [-0.2, -0.15) is 4.68 Å². The number of aromatic nitrogens is 5. The van der Waals surface area contributed by atoms with Crippen LogP contribution >= 0.6 is 23.2 Å². The average Bonchev–Trinajstić information content (AvgIpc) is 2.66. The first-order valence-corrected chi connectivity index (χ1v) is 9.42. The van der Waals surface area contributed by atoms with E-state index < -0.39 is 23.2 Å². The van der Waals surface area contributed by atoms with Gasteiger partial charge in [0.25, 0.3) is 11.1 Å². The van der Waals surface area contributed by atoms with Crippen LogP contribution in [0.25, 0.3) is 5.69 Å². The number of nitrogens with one attached hydrogen (secondary N) is 2. The van der Waals surface area contributed by atoms with Crippen LogP contribution in [0.3, 0.4) is 0 Å². The second-order valence-electron chi connectivity index (χ2n) is 6.71. The lowest BCUT2D eigenvalue weighted by atomic mass is 9.78. The molecule has 0 aliphatic heterocycles. The Morgan fingerprint density at radius 2 is 1.80 bits per heavy atom. The molecule has 0 spiro atoms. The van der Waals surface area contributed by atoms with Crippen molar-refractivity contribution in [2.24, 2.45) is 0 Å². The van der Waals surface area contributed by atoms with E-state index in [0.717, 1.165) is 4.68 Å². The standard InChI is InChI=1S/C17H14Cl2N6O5/c18-10-3-7(25-17(29)21-16(28)14(20)24-25)4-11(19)13(10)30-12-5-9(15(27)23-22-12)6-1-8(26)2-6/h3-6,8,26H,1-2H2,(H2,20,24)(H,23,27)(H,21,28,29)/t6-,8-. The number of nitrogens with zero attached hydrogens (tertiary/aromatic N) is 3. The number of H-pyrrole nitrogens is 2.